The van der Waals surface area contributed by atoms with E-state index in [-0.39, 0.29) is 5.91 Å². The molecule has 108 valence electrons. The molecule has 2 aliphatic carbocycles. The fourth-order valence-electron chi connectivity index (χ4n) is 2.46. The molecular weight excluding hydrogens is 244 g/mol. The first-order valence-electron chi connectivity index (χ1n) is 7.13. The summed E-state index contributed by atoms with van der Waals surface area (Å²) < 4.78 is 5.05. The van der Waals surface area contributed by atoms with Crippen LogP contribution in [0.25, 0.3) is 0 Å². The highest BCUT2D eigenvalue weighted by Crippen LogP contribution is 2.50. The minimum Gasteiger partial charge on any atom is -0.443 e. The summed E-state index contributed by atoms with van der Waals surface area (Å²) in [5.74, 6) is 1.87. The van der Waals surface area contributed by atoms with Gasteiger partial charge in [0.1, 0.15) is 5.60 Å². The van der Waals surface area contributed by atoms with Crippen LogP contribution in [0.3, 0.4) is 0 Å². The average Bonchev–Trinajstić information content (AvgIpc) is 3.14. The number of rotatable bonds is 4. The minimum absolute atomic E-state index is 0.116. The smallest absolute Gasteiger partial charge is 0.426 e. The second-order valence-electron chi connectivity index (χ2n) is 6.72. The lowest BCUT2D eigenvalue weighted by Crippen LogP contribution is -2.44. The van der Waals surface area contributed by atoms with Crippen LogP contribution in [0.2, 0.25) is 0 Å². The van der Waals surface area contributed by atoms with Gasteiger partial charge in [-0.05, 0) is 64.2 Å². The molecule has 2 aliphatic rings. The van der Waals surface area contributed by atoms with Gasteiger partial charge in [-0.3, -0.25) is 10.2 Å². The second-order valence-corrected chi connectivity index (χ2v) is 6.72. The molecule has 0 aromatic carbocycles. The molecule has 2 fully saturated rings. The van der Waals surface area contributed by atoms with Crippen molar-refractivity contribution in [2.45, 2.75) is 58.5 Å². The molecule has 0 aliphatic heterocycles. The van der Waals surface area contributed by atoms with Gasteiger partial charge in [-0.2, -0.15) is 0 Å². The standard InChI is InChI=1S/C14H24N2O3/c1-14(2,3)19-13(18)16-15-12(17)8-11(9-4-5-9)10-6-7-10/h9-11H,4-8H2,1-3H3,(H,15,17)(H,16,18). The number of carbonyl (C=O) groups is 2. The fourth-order valence-corrected chi connectivity index (χ4v) is 2.46. The minimum atomic E-state index is -0.616. The van der Waals surface area contributed by atoms with Crippen LogP contribution in [0.15, 0.2) is 0 Å². The monoisotopic (exact) mass is 268 g/mol. The third-order valence-corrected chi connectivity index (χ3v) is 3.58. The van der Waals surface area contributed by atoms with Gasteiger partial charge in [0.25, 0.3) is 0 Å². The van der Waals surface area contributed by atoms with Crippen molar-refractivity contribution in [1.29, 1.82) is 0 Å². The molecule has 0 spiro atoms. The van der Waals surface area contributed by atoms with Crippen LogP contribution in [0.1, 0.15) is 52.9 Å². The lowest BCUT2D eigenvalue weighted by Gasteiger charge is -2.20. The molecule has 2 amide bonds. The van der Waals surface area contributed by atoms with Gasteiger partial charge in [-0.1, -0.05) is 0 Å². The Hall–Kier alpha value is -1.26. The second kappa shape index (κ2) is 5.39. The Kier molecular flexibility index (Phi) is 4.02. The summed E-state index contributed by atoms with van der Waals surface area (Å²) in [4.78, 5) is 23.2. The lowest BCUT2D eigenvalue weighted by molar-refractivity contribution is -0.123. The van der Waals surface area contributed by atoms with E-state index in [1.165, 1.54) is 25.7 Å². The van der Waals surface area contributed by atoms with Crippen molar-refractivity contribution < 1.29 is 14.3 Å². The van der Waals surface area contributed by atoms with E-state index in [0.717, 1.165) is 11.8 Å². The molecule has 5 nitrogen and oxygen atoms in total. The van der Waals surface area contributed by atoms with Crippen LogP contribution in [0.5, 0.6) is 0 Å². The third-order valence-electron chi connectivity index (χ3n) is 3.58. The van der Waals surface area contributed by atoms with Gasteiger partial charge >= 0.3 is 6.09 Å². The van der Waals surface area contributed by atoms with Gasteiger partial charge in [0.05, 0.1) is 0 Å². The molecule has 0 aromatic rings. The molecule has 0 saturated heterocycles. The summed E-state index contributed by atoms with van der Waals surface area (Å²) in [5.41, 5.74) is 4.18. The van der Waals surface area contributed by atoms with Crippen molar-refractivity contribution in [2.75, 3.05) is 0 Å². The number of hydrazine groups is 1. The molecule has 0 heterocycles. The van der Waals surface area contributed by atoms with Gasteiger partial charge in [0, 0.05) is 6.42 Å². The van der Waals surface area contributed by atoms with E-state index in [2.05, 4.69) is 10.9 Å². The Balaban J connectivity index is 1.67. The number of ether oxygens (including phenoxy) is 1. The van der Waals surface area contributed by atoms with Crippen LogP contribution in [0.4, 0.5) is 4.79 Å². The van der Waals surface area contributed by atoms with E-state index in [0.29, 0.717) is 12.3 Å². The molecule has 0 radical (unpaired) electrons. The number of hydrogen-bond donors (Lipinski definition) is 2. The van der Waals surface area contributed by atoms with E-state index in [1.807, 2.05) is 0 Å². The molecule has 0 bridgehead atoms. The first-order valence-corrected chi connectivity index (χ1v) is 7.13. The SMILES string of the molecule is CC(C)(C)OC(=O)NNC(=O)CC(C1CC1)C1CC1. The van der Waals surface area contributed by atoms with Gasteiger partial charge in [-0.15, -0.1) is 0 Å². The molecule has 0 unspecified atom stereocenters. The van der Waals surface area contributed by atoms with Crippen molar-refractivity contribution in [3.63, 3.8) is 0 Å². The Labute approximate surface area is 114 Å². The highest BCUT2D eigenvalue weighted by atomic mass is 16.6. The van der Waals surface area contributed by atoms with Crippen molar-refractivity contribution in [1.82, 2.24) is 10.9 Å². The molecule has 2 rings (SSSR count). The predicted octanol–water partition coefficient (Wildman–Crippen LogP) is 2.37. The van der Waals surface area contributed by atoms with Crippen LogP contribution in [0, 0.1) is 17.8 Å². The van der Waals surface area contributed by atoms with Gasteiger partial charge in [-0.25, -0.2) is 10.2 Å². The number of carbonyl (C=O) groups excluding carboxylic acids is 2. The summed E-state index contributed by atoms with van der Waals surface area (Å²) >= 11 is 0. The van der Waals surface area contributed by atoms with Crippen LogP contribution in [-0.4, -0.2) is 17.6 Å². The molecule has 5 heteroatoms. The van der Waals surface area contributed by atoms with Crippen molar-refractivity contribution in [2.24, 2.45) is 17.8 Å². The normalized spacial score (nSPS) is 19.2. The summed E-state index contributed by atoms with van der Waals surface area (Å²) in [6.07, 6.45) is 4.93. The highest BCUT2D eigenvalue weighted by molar-refractivity contribution is 5.79. The van der Waals surface area contributed by atoms with E-state index in [4.69, 9.17) is 4.74 Å². The fraction of sp³-hybridized carbons (Fsp3) is 0.857. The summed E-state index contributed by atoms with van der Waals surface area (Å²) in [5, 5.41) is 0. The van der Waals surface area contributed by atoms with Crippen molar-refractivity contribution in [3.05, 3.63) is 0 Å². The molecule has 2 N–H and O–H groups in total. The van der Waals surface area contributed by atoms with Gasteiger partial charge < -0.3 is 4.74 Å². The topological polar surface area (TPSA) is 67.4 Å². The molecule has 0 aromatic heterocycles. The summed E-state index contributed by atoms with van der Waals surface area (Å²) in [6, 6.07) is 0. The molecular formula is C14H24N2O3. The maximum atomic E-state index is 11.8. The van der Waals surface area contributed by atoms with E-state index >= 15 is 0 Å². The van der Waals surface area contributed by atoms with E-state index in [1.54, 1.807) is 20.8 Å². The largest absolute Gasteiger partial charge is 0.443 e. The molecule has 0 atom stereocenters. The Bertz CT molecular complexity index is 342. The Morgan fingerprint density at radius 1 is 1.11 bits per heavy atom. The Morgan fingerprint density at radius 3 is 2.05 bits per heavy atom. The van der Waals surface area contributed by atoms with E-state index in [9.17, 15) is 9.59 Å². The first kappa shape index (κ1) is 14.2. The van der Waals surface area contributed by atoms with E-state index < -0.39 is 11.7 Å². The van der Waals surface area contributed by atoms with Gasteiger partial charge in [0.2, 0.25) is 5.91 Å². The quantitative estimate of drug-likeness (QED) is 0.769. The average molecular weight is 268 g/mol. The van der Waals surface area contributed by atoms with Crippen molar-refractivity contribution in [3.8, 4) is 0 Å². The summed E-state index contributed by atoms with van der Waals surface area (Å²) in [6.45, 7) is 5.35. The highest BCUT2D eigenvalue weighted by Gasteiger charge is 2.42. The zero-order valence-corrected chi connectivity index (χ0v) is 12.0. The Morgan fingerprint density at radius 2 is 1.63 bits per heavy atom. The number of amides is 2. The zero-order chi connectivity index (χ0) is 14.0. The predicted molar refractivity (Wildman–Crippen MR) is 71.1 cm³/mol. The number of nitrogens with one attached hydrogen (secondary N) is 2. The molecule has 19 heavy (non-hydrogen) atoms. The van der Waals surface area contributed by atoms with Crippen LogP contribution in [-0.2, 0) is 9.53 Å². The van der Waals surface area contributed by atoms with Crippen LogP contribution < -0.4 is 10.9 Å². The number of hydrogen-bond acceptors (Lipinski definition) is 3. The first-order chi connectivity index (χ1) is 8.85. The van der Waals surface area contributed by atoms with Crippen LogP contribution >= 0.6 is 0 Å². The third kappa shape index (κ3) is 5.09. The lowest BCUT2D eigenvalue weighted by atomic mass is 9.94. The maximum absolute atomic E-state index is 11.8. The zero-order valence-electron chi connectivity index (χ0n) is 12.0. The van der Waals surface area contributed by atoms with Crippen molar-refractivity contribution >= 4 is 12.0 Å². The molecule has 2 saturated carbocycles. The van der Waals surface area contributed by atoms with Gasteiger partial charge in [0.15, 0.2) is 0 Å². The maximum Gasteiger partial charge on any atom is 0.426 e. The summed E-state index contributed by atoms with van der Waals surface area (Å²) in [7, 11) is 0.